The number of nitrogens with zero attached hydrogens (tertiary/aromatic N) is 2. The lowest BCUT2D eigenvalue weighted by Gasteiger charge is -2.17. The van der Waals surface area contributed by atoms with Crippen LogP contribution in [0.2, 0.25) is 0 Å². The molecule has 0 fully saturated rings. The van der Waals surface area contributed by atoms with E-state index in [2.05, 4.69) is 11.5 Å². The molecule has 3 heteroatoms. The minimum Gasteiger partial charge on any atom is -0.313 e. The first kappa shape index (κ1) is 11.7. The number of carbonyl (C=O) groups excluding carboxylic acids is 1. The first-order valence-electron chi connectivity index (χ1n) is 6.03. The average molecular weight is 248 g/mol. The number of carbonyl (C=O) groups is 1. The van der Waals surface area contributed by atoms with Crippen molar-refractivity contribution in [2.45, 2.75) is 0 Å². The Hall–Kier alpha value is -2.42. The number of aliphatic imine (C=N–C) groups is 1. The highest BCUT2D eigenvalue weighted by Gasteiger charge is 2.22. The summed E-state index contributed by atoms with van der Waals surface area (Å²) in [7, 11) is 1.73. The molecule has 3 rings (SSSR count). The van der Waals surface area contributed by atoms with Crippen LogP contribution in [0.3, 0.4) is 0 Å². The van der Waals surface area contributed by atoms with Gasteiger partial charge in [-0.05, 0) is 6.07 Å². The Morgan fingerprint density at radius 2 is 1.68 bits per heavy atom. The smallest absolute Gasteiger partial charge is 0.261 e. The number of amides is 1. The first-order valence-corrected chi connectivity index (χ1v) is 6.03. The van der Waals surface area contributed by atoms with Gasteiger partial charge in [0.05, 0.1) is 11.4 Å². The molecule has 2 radical (unpaired) electrons. The number of benzene rings is 2. The number of rotatable bonds is 1. The van der Waals surface area contributed by atoms with Crippen molar-refractivity contribution < 1.29 is 4.79 Å². The zero-order valence-electron chi connectivity index (χ0n) is 10.5. The third-order valence-corrected chi connectivity index (χ3v) is 3.14. The fourth-order valence-electron chi connectivity index (χ4n) is 2.13. The molecule has 0 bridgehead atoms. The summed E-state index contributed by atoms with van der Waals surface area (Å²) in [4.78, 5) is 17.7. The van der Waals surface area contributed by atoms with Crippen molar-refractivity contribution >= 4 is 17.3 Å². The van der Waals surface area contributed by atoms with Crippen LogP contribution in [0.15, 0.2) is 59.6 Å². The minimum absolute atomic E-state index is 0.238. The Morgan fingerprint density at radius 1 is 1.00 bits per heavy atom. The Kier molecular flexibility index (Phi) is 2.88. The molecule has 0 atom stereocenters. The van der Waals surface area contributed by atoms with Crippen LogP contribution >= 0.6 is 0 Å². The molecule has 1 amide bonds. The molecule has 1 aliphatic rings. The summed E-state index contributed by atoms with van der Waals surface area (Å²) >= 11 is 0. The largest absolute Gasteiger partial charge is 0.313 e. The molecule has 92 valence electrons. The van der Waals surface area contributed by atoms with Gasteiger partial charge in [0, 0.05) is 18.2 Å². The molecular formula is C16H12N2O. The van der Waals surface area contributed by atoms with Crippen molar-refractivity contribution in [3.63, 3.8) is 0 Å². The number of hydrogen-bond acceptors (Lipinski definition) is 2. The van der Waals surface area contributed by atoms with E-state index in [0.29, 0.717) is 0 Å². The normalized spacial score (nSPS) is 14.7. The fraction of sp³-hybridized carbons (Fsp3) is 0.0625. The van der Waals surface area contributed by atoms with Crippen LogP contribution in [0.1, 0.15) is 11.1 Å². The summed E-state index contributed by atoms with van der Waals surface area (Å²) in [5.74, 6) is -0.238. The van der Waals surface area contributed by atoms with Crippen molar-refractivity contribution in [3.05, 3.63) is 72.3 Å². The predicted octanol–water partition coefficient (Wildman–Crippen LogP) is 2.54. The number of fused-ring (bicyclic) bond motifs is 1. The number of anilines is 1. The molecule has 1 heterocycles. The van der Waals surface area contributed by atoms with Crippen molar-refractivity contribution in [3.8, 4) is 0 Å². The van der Waals surface area contributed by atoms with Crippen molar-refractivity contribution in [2.75, 3.05) is 11.9 Å². The van der Waals surface area contributed by atoms with E-state index in [1.807, 2.05) is 54.6 Å². The van der Waals surface area contributed by atoms with Crippen molar-refractivity contribution in [2.24, 2.45) is 4.99 Å². The Labute approximate surface area is 112 Å². The van der Waals surface area contributed by atoms with E-state index in [1.54, 1.807) is 11.9 Å². The minimum atomic E-state index is -0.238. The van der Waals surface area contributed by atoms with Gasteiger partial charge in [-0.3, -0.25) is 9.79 Å². The lowest BCUT2D eigenvalue weighted by Crippen LogP contribution is -2.25. The van der Waals surface area contributed by atoms with Gasteiger partial charge >= 0.3 is 0 Å². The van der Waals surface area contributed by atoms with Gasteiger partial charge in [-0.15, -0.1) is 0 Å². The van der Waals surface area contributed by atoms with Gasteiger partial charge < -0.3 is 4.90 Å². The van der Waals surface area contributed by atoms with Crippen molar-refractivity contribution in [1.82, 2.24) is 0 Å². The van der Waals surface area contributed by atoms with Crippen LogP contribution < -0.4 is 4.90 Å². The number of benzodiazepines with no additional fused rings is 1. The summed E-state index contributed by atoms with van der Waals surface area (Å²) in [5.41, 5.74) is 3.54. The maximum Gasteiger partial charge on any atom is 0.261 e. The van der Waals surface area contributed by atoms with E-state index in [0.717, 1.165) is 22.5 Å². The molecule has 0 saturated heterocycles. The standard InChI is InChI=1S/C16H12N2O/c1-18-14-10-6-5-9-13(14)16(17-11-15(18)19)12-7-3-2-4-8-12/h2-10H,1H3. The van der Waals surface area contributed by atoms with Crippen molar-refractivity contribution in [1.29, 1.82) is 0 Å². The third-order valence-electron chi connectivity index (χ3n) is 3.14. The van der Waals surface area contributed by atoms with E-state index in [1.165, 1.54) is 0 Å². The predicted molar refractivity (Wildman–Crippen MR) is 75.2 cm³/mol. The highest BCUT2D eigenvalue weighted by Crippen LogP contribution is 2.26. The maximum absolute atomic E-state index is 11.9. The molecule has 0 saturated carbocycles. The van der Waals surface area contributed by atoms with E-state index in [-0.39, 0.29) is 5.91 Å². The average Bonchev–Trinajstić information content (AvgIpc) is 2.59. The Morgan fingerprint density at radius 3 is 2.47 bits per heavy atom. The van der Waals surface area contributed by atoms with Gasteiger partial charge in [-0.2, -0.15) is 0 Å². The number of likely N-dealkylation sites (N-methyl/N-ethyl adjacent to an activating group) is 1. The van der Waals surface area contributed by atoms with E-state index in [4.69, 9.17) is 0 Å². The molecule has 0 unspecified atom stereocenters. The monoisotopic (exact) mass is 248 g/mol. The fourth-order valence-corrected chi connectivity index (χ4v) is 2.13. The molecule has 0 N–H and O–H groups in total. The third kappa shape index (κ3) is 2.03. The van der Waals surface area contributed by atoms with Crippen LogP contribution in [-0.4, -0.2) is 18.7 Å². The highest BCUT2D eigenvalue weighted by atomic mass is 16.2. The summed E-state index contributed by atoms with van der Waals surface area (Å²) in [6.45, 7) is 2.56. The second kappa shape index (κ2) is 4.69. The lowest BCUT2D eigenvalue weighted by molar-refractivity contribution is -0.115. The molecule has 2 aromatic rings. The molecule has 0 aliphatic carbocycles. The van der Waals surface area contributed by atoms with Gasteiger partial charge in [-0.1, -0.05) is 48.5 Å². The molecule has 0 spiro atoms. The van der Waals surface area contributed by atoms with Gasteiger partial charge in [0.15, 0.2) is 0 Å². The molecule has 0 aromatic heterocycles. The highest BCUT2D eigenvalue weighted by molar-refractivity contribution is 6.20. The van der Waals surface area contributed by atoms with Crippen LogP contribution in [0.25, 0.3) is 0 Å². The van der Waals surface area contributed by atoms with E-state index >= 15 is 0 Å². The maximum atomic E-state index is 11.9. The molecule has 2 aromatic carbocycles. The van der Waals surface area contributed by atoms with Crippen LogP contribution in [-0.2, 0) is 4.79 Å². The van der Waals surface area contributed by atoms with Gasteiger partial charge in [-0.25, -0.2) is 0 Å². The summed E-state index contributed by atoms with van der Waals surface area (Å²) in [6, 6.07) is 17.6. The summed E-state index contributed by atoms with van der Waals surface area (Å²) in [5, 5.41) is 0. The quantitative estimate of drug-likeness (QED) is 0.763. The van der Waals surface area contributed by atoms with Gasteiger partial charge in [0.1, 0.15) is 0 Å². The second-order valence-electron chi connectivity index (χ2n) is 4.32. The Bertz CT molecular complexity index is 647. The van der Waals surface area contributed by atoms with Crippen LogP contribution in [0, 0.1) is 6.54 Å². The van der Waals surface area contributed by atoms with Crippen LogP contribution in [0.4, 0.5) is 5.69 Å². The molecular weight excluding hydrogens is 236 g/mol. The van der Waals surface area contributed by atoms with E-state index in [9.17, 15) is 4.79 Å². The molecule has 19 heavy (non-hydrogen) atoms. The topological polar surface area (TPSA) is 32.7 Å². The van der Waals surface area contributed by atoms with Crippen LogP contribution in [0.5, 0.6) is 0 Å². The summed E-state index contributed by atoms with van der Waals surface area (Å²) in [6.07, 6.45) is 0. The van der Waals surface area contributed by atoms with E-state index < -0.39 is 0 Å². The number of hydrogen-bond donors (Lipinski definition) is 0. The Balaban J connectivity index is 2.20. The molecule has 1 aliphatic heterocycles. The second-order valence-corrected chi connectivity index (χ2v) is 4.32. The molecule has 3 nitrogen and oxygen atoms in total. The number of para-hydroxylation sites is 1. The summed E-state index contributed by atoms with van der Waals surface area (Å²) < 4.78 is 0. The SMILES string of the molecule is CN1C(=O)[C]N=C(c2ccccc2)c2ccccc21. The van der Waals surface area contributed by atoms with Gasteiger partial charge in [0.25, 0.3) is 5.91 Å². The zero-order chi connectivity index (χ0) is 13.2. The lowest BCUT2D eigenvalue weighted by atomic mass is 10.0. The van der Waals surface area contributed by atoms with Gasteiger partial charge in [0.2, 0.25) is 6.54 Å². The zero-order valence-corrected chi connectivity index (χ0v) is 10.5. The first-order chi connectivity index (χ1) is 9.27.